The lowest BCUT2D eigenvalue weighted by molar-refractivity contribution is -0.132. The molecule has 0 aromatic carbocycles. The maximum absolute atomic E-state index is 11.1. The maximum Gasteiger partial charge on any atom is 0.331 e. The monoisotopic (exact) mass is 1230 g/mol. The summed E-state index contributed by atoms with van der Waals surface area (Å²) in [5.74, 6) is -1.48. The highest BCUT2D eigenvalue weighted by molar-refractivity contribution is 5.86. The Bertz CT molecular complexity index is 2200. The molecular weight excluding hydrogens is 1120 g/mol. The highest BCUT2D eigenvalue weighted by Gasteiger charge is 2.30. The van der Waals surface area contributed by atoms with Crippen LogP contribution < -0.4 is 16.8 Å². The van der Waals surface area contributed by atoms with Gasteiger partial charge in [-0.15, -0.1) is 0 Å². The number of aliphatic imine (C=N–C) groups is 1. The molecule has 0 saturated heterocycles. The fraction of sp³-hybridized carbons (Fsp3) is 0.612. The van der Waals surface area contributed by atoms with Crippen LogP contribution in [0.5, 0.6) is 0 Å². The van der Waals surface area contributed by atoms with Crippen LogP contribution in [-0.4, -0.2) is 193 Å². The van der Waals surface area contributed by atoms with Crippen molar-refractivity contribution in [3.05, 3.63) is 145 Å². The number of nitrogens with zero attached hydrogens (tertiary/aromatic N) is 1. The lowest BCUT2D eigenvalue weighted by Gasteiger charge is -2.31. The highest BCUT2D eigenvalue weighted by Crippen LogP contribution is 2.22. The number of rotatable bonds is 49. The van der Waals surface area contributed by atoms with Crippen molar-refractivity contribution in [3.8, 4) is 0 Å². The predicted molar refractivity (Wildman–Crippen MR) is 345 cm³/mol. The van der Waals surface area contributed by atoms with Gasteiger partial charge < -0.3 is 93.4 Å². The average molecular weight is 1230 g/mol. The van der Waals surface area contributed by atoms with Crippen molar-refractivity contribution in [1.82, 2.24) is 5.32 Å². The molecular formula is C67H112N4O16. The molecule has 0 aromatic heterocycles. The molecule has 0 radical (unpaired) electrons. The van der Waals surface area contributed by atoms with E-state index in [1.54, 1.807) is 36.5 Å². The second-order valence-corrected chi connectivity index (χ2v) is 23.2. The van der Waals surface area contributed by atoms with Gasteiger partial charge >= 0.3 is 5.97 Å². The summed E-state index contributed by atoms with van der Waals surface area (Å²) < 4.78 is 0. The van der Waals surface area contributed by atoms with E-state index in [1.165, 1.54) is 31.2 Å². The SMILES string of the molecule is CC(=CC=CC=CCCC=CC(C)C(O)C(C)C(O)C=CC=CC=CC=CC=CC=CCC(O)C(C)C(CC(O)CC(O)C=CCC(O)CC(O)CC(O)C=CCC(O)CC(O)C(O)C(O)CC(O)CC(O)CCCN=C(N)N)NCC(C)C)C(=O)O. The number of hydrogen-bond donors (Lipinski definition) is 18. The number of guanidine groups is 1. The molecule has 0 saturated carbocycles. The summed E-state index contributed by atoms with van der Waals surface area (Å²) in [4.78, 5) is 14.6. The number of nitrogens with one attached hydrogen (secondary N) is 1. The fourth-order valence-corrected chi connectivity index (χ4v) is 8.97. The van der Waals surface area contributed by atoms with E-state index in [1.807, 2.05) is 99.8 Å². The summed E-state index contributed by atoms with van der Waals surface area (Å²) in [5, 5.41) is 160. The van der Waals surface area contributed by atoms with Gasteiger partial charge in [0.25, 0.3) is 0 Å². The van der Waals surface area contributed by atoms with Crippen LogP contribution in [0.2, 0.25) is 0 Å². The van der Waals surface area contributed by atoms with Crippen molar-refractivity contribution in [2.45, 2.75) is 223 Å². The van der Waals surface area contributed by atoms with Crippen molar-refractivity contribution in [2.24, 2.45) is 40.1 Å². The van der Waals surface area contributed by atoms with E-state index in [0.717, 1.165) is 12.8 Å². The van der Waals surface area contributed by atoms with Crippen LogP contribution >= 0.6 is 0 Å². The first kappa shape index (κ1) is 82.0. The summed E-state index contributed by atoms with van der Waals surface area (Å²) in [7, 11) is 0. The van der Waals surface area contributed by atoms with Gasteiger partial charge in [-0.25, -0.2) is 4.79 Å². The van der Waals surface area contributed by atoms with E-state index in [9.17, 15) is 76.3 Å². The quantitative estimate of drug-likeness (QED) is 0.00999. The number of hydrogen-bond acceptors (Lipinski definition) is 17. The van der Waals surface area contributed by atoms with Gasteiger partial charge in [-0.05, 0) is 89.5 Å². The molecule has 0 bridgehead atoms. The van der Waals surface area contributed by atoms with Crippen molar-refractivity contribution in [1.29, 1.82) is 0 Å². The van der Waals surface area contributed by atoms with Gasteiger partial charge in [0, 0.05) is 55.7 Å². The first-order valence-electron chi connectivity index (χ1n) is 30.7. The number of carboxylic acid groups (broad SMARTS) is 1. The minimum atomic E-state index is -1.69. The second kappa shape index (κ2) is 49.8. The third kappa shape index (κ3) is 44.2. The summed E-state index contributed by atoms with van der Waals surface area (Å²) in [6.07, 6.45) is 27.1. The molecule has 20 nitrogen and oxygen atoms in total. The topological polar surface area (TPSA) is 397 Å². The Hall–Kier alpha value is -4.98. The van der Waals surface area contributed by atoms with Gasteiger partial charge in [-0.1, -0.05) is 174 Å². The van der Waals surface area contributed by atoms with Crippen LogP contribution in [0.3, 0.4) is 0 Å². The zero-order valence-electron chi connectivity index (χ0n) is 52.3. The van der Waals surface area contributed by atoms with Crippen molar-refractivity contribution in [2.75, 3.05) is 13.1 Å². The van der Waals surface area contributed by atoms with E-state index in [-0.39, 0.29) is 93.1 Å². The van der Waals surface area contributed by atoms with Gasteiger partial charge in [0.2, 0.25) is 0 Å². The summed E-state index contributed by atoms with van der Waals surface area (Å²) in [5.41, 5.74) is 10.8. The molecule has 0 spiro atoms. The van der Waals surface area contributed by atoms with E-state index < -0.39 is 91.4 Å². The predicted octanol–water partition coefficient (Wildman–Crippen LogP) is 4.45. The molecule has 0 rings (SSSR count). The number of allylic oxidation sites excluding steroid dienone is 16. The van der Waals surface area contributed by atoms with Crippen LogP contribution in [0.15, 0.2) is 150 Å². The Kier molecular flexibility index (Phi) is 47.0. The number of unbranched alkanes of at least 4 members (excludes halogenated alkanes) is 1. The summed E-state index contributed by atoms with van der Waals surface area (Å²) >= 11 is 0. The van der Waals surface area contributed by atoms with Gasteiger partial charge in [0.15, 0.2) is 5.96 Å². The Morgan fingerprint density at radius 2 is 0.954 bits per heavy atom. The largest absolute Gasteiger partial charge is 0.478 e. The Balaban J connectivity index is 4.82. The highest BCUT2D eigenvalue weighted by atomic mass is 16.4. The lowest BCUT2D eigenvalue weighted by Crippen LogP contribution is -2.44. The van der Waals surface area contributed by atoms with E-state index in [0.29, 0.717) is 38.3 Å². The van der Waals surface area contributed by atoms with E-state index >= 15 is 0 Å². The summed E-state index contributed by atoms with van der Waals surface area (Å²) in [6.45, 7) is 12.3. The van der Waals surface area contributed by atoms with Crippen molar-refractivity contribution >= 4 is 11.9 Å². The molecule has 0 heterocycles. The van der Waals surface area contributed by atoms with Crippen molar-refractivity contribution < 1.29 is 81.4 Å². The number of aliphatic hydroxyl groups is 14. The first-order valence-corrected chi connectivity index (χ1v) is 30.7. The van der Waals surface area contributed by atoms with Crippen LogP contribution in [0.4, 0.5) is 0 Å². The number of aliphatic carboxylic acids is 1. The molecule has 18 atom stereocenters. The standard InChI is InChI=1S/C67H112N4O16/c1-46(2)45-71-59(49(5)60(80)35-23-19-15-10-8-7-9-11-16-20-24-36-61(81)50(6)64(84)47(3)28-21-17-13-12-14-18-22-29-48(4)66(86)87)42-57(78)40-53(74)31-25-30-51(72)38-56(77)39-52(73)32-26-33-55(76)43-62(82)65(85)63(83)44-58(79)41-54(75)34-27-37-70-67(68)69/h7-12,14-16,18-26,28-29,31-32,36,46-47,49-65,71-85H,13,17,27,30,33-35,37-45H2,1-6H3,(H,86,87)(H4,68,69,70). The smallest absolute Gasteiger partial charge is 0.331 e. The third-order valence-corrected chi connectivity index (χ3v) is 14.4. The Labute approximate surface area is 518 Å². The normalized spacial score (nSPS) is 19.8. The molecule has 496 valence electrons. The van der Waals surface area contributed by atoms with E-state index in [4.69, 9.17) is 16.6 Å². The maximum atomic E-state index is 11.1. The summed E-state index contributed by atoms with van der Waals surface area (Å²) in [6, 6.07) is -0.254. The molecule has 0 aliphatic heterocycles. The molecule has 20 heteroatoms. The zero-order valence-corrected chi connectivity index (χ0v) is 52.3. The second-order valence-electron chi connectivity index (χ2n) is 23.2. The molecule has 87 heavy (non-hydrogen) atoms. The van der Waals surface area contributed by atoms with Gasteiger partial charge in [-0.2, -0.15) is 0 Å². The van der Waals surface area contributed by atoms with Crippen LogP contribution in [0.25, 0.3) is 0 Å². The van der Waals surface area contributed by atoms with Crippen LogP contribution in [0.1, 0.15) is 131 Å². The molecule has 0 fully saturated rings. The van der Waals surface area contributed by atoms with E-state index in [2.05, 4.69) is 24.2 Å². The van der Waals surface area contributed by atoms with Crippen LogP contribution in [-0.2, 0) is 4.79 Å². The van der Waals surface area contributed by atoms with Crippen LogP contribution in [0, 0.1) is 23.7 Å². The molecule has 20 N–H and O–H groups in total. The minimum absolute atomic E-state index is 0.0174. The Morgan fingerprint density at radius 3 is 1.52 bits per heavy atom. The van der Waals surface area contributed by atoms with Gasteiger partial charge in [0.1, 0.15) is 6.10 Å². The molecule has 0 aliphatic rings. The van der Waals surface area contributed by atoms with Crippen molar-refractivity contribution in [3.63, 3.8) is 0 Å². The average Bonchev–Trinajstić information content (AvgIpc) is 3.54. The fourth-order valence-electron chi connectivity index (χ4n) is 8.97. The Morgan fingerprint density at radius 1 is 0.471 bits per heavy atom. The molecule has 18 unspecified atom stereocenters. The lowest BCUT2D eigenvalue weighted by atomic mass is 9.88. The number of aliphatic hydroxyl groups excluding tert-OH is 14. The number of carboxylic acids is 1. The van der Waals surface area contributed by atoms with Gasteiger partial charge in [0.05, 0.1) is 79.4 Å². The number of nitrogens with two attached hydrogens (primary N) is 2. The molecule has 0 aliphatic carbocycles. The van der Waals surface area contributed by atoms with Gasteiger partial charge in [-0.3, -0.25) is 4.99 Å². The molecule has 0 amide bonds. The molecule has 0 aromatic rings. The zero-order chi connectivity index (χ0) is 65.7. The number of carbonyl (C=O) groups is 1. The third-order valence-electron chi connectivity index (χ3n) is 14.4. The first-order chi connectivity index (χ1) is 41.1. The minimum Gasteiger partial charge on any atom is -0.478 e.